The highest BCUT2D eigenvalue weighted by Gasteiger charge is 2.18. The highest BCUT2D eigenvalue weighted by atomic mass is 33.8. The highest BCUT2D eigenvalue weighted by Crippen LogP contribution is 2.61. The zero-order valence-corrected chi connectivity index (χ0v) is 12.4. The fourth-order valence-corrected chi connectivity index (χ4v) is 10.6. The van der Waals surface area contributed by atoms with E-state index in [0.29, 0.717) is 0 Å². The summed E-state index contributed by atoms with van der Waals surface area (Å²) >= 11 is 0. The van der Waals surface area contributed by atoms with Gasteiger partial charge in [-0.05, 0) is 69.1 Å². The van der Waals surface area contributed by atoms with Crippen LogP contribution in [0.25, 0.3) is 0 Å². The summed E-state index contributed by atoms with van der Waals surface area (Å²) in [4.78, 5) is 2.66. The van der Waals surface area contributed by atoms with E-state index in [4.69, 9.17) is 4.74 Å². The third-order valence-corrected chi connectivity index (χ3v) is 10.6. The predicted molar refractivity (Wildman–Crippen MR) is 76.9 cm³/mol. The van der Waals surface area contributed by atoms with Crippen molar-refractivity contribution in [3.8, 4) is 5.75 Å². The second-order valence-electron chi connectivity index (χ2n) is 2.81. The Balaban J connectivity index is 2.48. The minimum Gasteiger partial charge on any atom is -0.496 e. The van der Waals surface area contributed by atoms with Gasteiger partial charge >= 0.3 is 0 Å². The molecule has 0 aliphatic carbocycles. The minimum absolute atomic E-state index is 0.996. The van der Waals surface area contributed by atoms with E-state index in [9.17, 15) is 0 Å². The average molecular weight is 295 g/mol. The second-order valence-corrected chi connectivity index (χ2v) is 10.3. The van der Waals surface area contributed by atoms with Gasteiger partial charge in [-0.2, -0.15) is 0 Å². The Morgan fingerprint density at radius 2 is 1.80 bits per heavy atom. The van der Waals surface area contributed by atoms with E-state index in [1.807, 2.05) is 30.4 Å². The number of hydrogen-bond donors (Lipinski definition) is 0. The molecule has 1 aliphatic rings. The third kappa shape index (κ3) is 2.72. The molecule has 1 aliphatic heterocycles. The van der Waals surface area contributed by atoms with Crippen molar-refractivity contribution >= 4 is 51.1 Å². The summed E-state index contributed by atoms with van der Waals surface area (Å²) in [5.41, 5.74) is 1.42. The number of ether oxygens (including phenoxy) is 1. The Labute approximate surface area is 109 Å². The van der Waals surface area contributed by atoms with Crippen LogP contribution in [0.2, 0.25) is 0 Å². The molecule has 0 amide bonds. The molecule has 1 aromatic carbocycles. The molecule has 6 heteroatoms. The van der Waals surface area contributed by atoms with Gasteiger partial charge in [0.1, 0.15) is 5.75 Å². The van der Waals surface area contributed by atoms with Gasteiger partial charge in [0.25, 0.3) is 0 Å². The first-order valence-electron chi connectivity index (χ1n) is 4.41. The Morgan fingerprint density at radius 3 is 2.47 bits per heavy atom. The largest absolute Gasteiger partial charge is 0.496 e. The van der Waals surface area contributed by atoms with Crippen LogP contribution in [0.5, 0.6) is 5.75 Å². The summed E-state index contributed by atoms with van der Waals surface area (Å²) in [6.45, 7) is 2.20. The fourth-order valence-electron chi connectivity index (χ4n) is 1.30. The van der Waals surface area contributed by atoms with Gasteiger partial charge in [0.15, 0.2) is 0 Å². The van der Waals surface area contributed by atoms with Crippen LogP contribution in [0.3, 0.4) is 0 Å². The maximum Gasteiger partial charge on any atom is 0.134 e. The van der Waals surface area contributed by atoms with Crippen LogP contribution < -0.4 is 4.74 Å². The lowest BCUT2D eigenvalue weighted by molar-refractivity contribution is 0.402. The van der Waals surface area contributed by atoms with Crippen molar-refractivity contribution in [3.63, 3.8) is 0 Å². The van der Waals surface area contributed by atoms with Gasteiger partial charge in [-0.15, -0.1) is 0 Å². The van der Waals surface area contributed by atoms with Gasteiger partial charge in [-0.25, -0.2) is 0 Å². The standard InChI is InChI=1S/C9H10OS5/c1-3-6-4-5-7(10-2)9-8(6)11-13-15-14-12-9/h4-5H,3H2,1-2H3. The summed E-state index contributed by atoms with van der Waals surface area (Å²) in [5, 5.41) is 0. The Bertz CT molecular complexity index is 322. The molecular weight excluding hydrogens is 284 g/mol. The zero-order chi connectivity index (χ0) is 10.7. The molecule has 1 aromatic rings. The van der Waals surface area contributed by atoms with E-state index in [1.165, 1.54) is 15.4 Å². The van der Waals surface area contributed by atoms with E-state index in [2.05, 4.69) is 19.1 Å². The Kier molecular flexibility index (Phi) is 4.82. The molecular formula is C9H10OS5. The lowest BCUT2D eigenvalue weighted by atomic mass is 10.1. The topological polar surface area (TPSA) is 9.23 Å². The highest BCUT2D eigenvalue weighted by molar-refractivity contribution is 9.36. The molecule has 0 saturated carbocycles. The van der Waals surface area contributed by atoms with Crippen molar-refractivity contribution < 1.29 is 4.74 Å². The summed E-state index contributed by atoms with van der Waals surface area (Å²) in [7, 11) is 10.8. The van der Waals surface area contributed by atoms with Gasteiger partial charge in [0, 0.05) is 4.90 Å². The first kappa shape index (κ1) is 12.2. The molecule has 0 saturated heterocycles. The van der Waals surface area contributed by atoms with Crippen LogP contribution in [0, 0.1) is 0 Å². The molecule has 1 nitrogen and oxygen atoms in total. The fraction of sp³-hybridized carbons (Fsp3) is 0.333. The van der Waals surface area contributed by atoms with Crippen LogP contribution in [-0.2, 0) is 6.42 Å². The molecule has 82 valence electrons. The molecule has 0 bridgehead atoms. The maximum absolute atomic E-state index is 5.40. The van der Waals surface area contributed by atoms with Gasteiger partial charge < -0.3 is 4.74 Å². The van der Waals surface area contributed by atoms with E-state index >= 15 is 0 Å². The molecule has 0 unspecified atom stereocenters. The predicted octanol–water partition coefficient (Wildman–Crippen LogP) is 5.32. The van der Waals surface area contributed by atoms with Gasteiger partial charge in [-0.1, -0.05) is 13.0 Å². The quantitative estimate of drug-likeness (QED) is 0.678. The van der Waals surface area contributed by atoms with Crippen molar-refractivity contribution in [2.45, 2.75) is 23.1 Å². The lowest BCUT2D eigenvalue weighted by Crippen LogP contribution is -1.91. The van der Waals surface area contributed by atoms with Crippen LogP contribution in [0.1, 0.15) is 12.5 Å². The molecule has 2 rings (SSSR count). The van der Waals surface area contributed by atoms with E-state index in [-0.39, 0.29) is 0 Å². The van der Waals surface area contributed by atoms with Crippen LogP contribution in [0.4, 0.5) is 0 Å². The van der Waals surface area contributed by atoms with Gasteiger partial charge in [-0.3, -0.25) is 0 Å². The molecule has 0 radical (unpaired) electrons. The Morgan fingerprint density at radius 1 is 1.07 bits per heavy atom. The lowest BCUT2D eigenvalue weighted by Gasteiger charge is -2.12. The van der Waals surface area contributed by atoms with E-state index < -0.39 is 0 Å². The summed E-state index contributed by atoms with van der Waals surface area (Å²) < 4.78 is 5.40. The second kappa shape index (κ2) is 5.91. The number of fused-ring (bicyclic) bond motifs is 1. The van der Waals surface area contributed by atoms with Gasteiger partial charge in [0.2, 0.25) is 0 Å². The molecule has 15 heavy (non-hydrogen) atoms. The van der Waals surface area contributed by atoms with Crippen LogP contribution in [-0.4, -0.2) is 7.11 Å². The number of rotatable bonds is 2. The van der Waals surface area contributed by atoms with Crippen molar-refractivity contribution in [3.05, 3.63) is 17.7 Å². The van der Waals surface area contributed by atoms with Gasteiger partial charge in [0.05, 0.1) is 12.0 Å². The first-order valence-corrected chi connectivity index (χ1v) is 10.6. The SMILES string of the molecule is CCc1ccc(OC)c2c1SSSSS2. The molecule has 1 heterocycles. The monoisotopic (exact) mass is 294 g/mol. The van der Waals surface area contributed by atoms with E-state index in [1.54, 1.807) is 27.7 Å². The average Bonchev–Trinajstić information content (AvgIpc) is 2.53. The normalized spacial score (nSPS) is 15.6. The maximum atomic E-state index is 5.40. The van der Waals surface area contributed by atoms with Crippen LogP contribution in [0.15, 0.2) is 21.9 Å². The molecule has 0 aromatic heterocycles. The molecule has 0 fully saturated rings. The summed E-state index contributed by atoms with van der Waals surface area (Å²) in [5.74, 6) is 0.996. The molecule has 0 atom stereocenters. The molecule has 0 spiro atoms. The number of hydrogen-bond acceptors (Lipinski definition) is 6. The summed E-state index contributed by atoms with van der Waals surface area (Å²) in [6, 6.07) is 4.25. The molecule has 0 N–H and O–H groups in total. The third-order valence-electron chi connectivity index (χ3n) is 2.05. The van der Waals surface area contributed by atoms with Crippen LogP contribution >= 0.6 is 51.1 Å². The van der Waals surface area contributed by atoms with Crippen molar-refractivity contribution in [2.24, 2.45) is 0 Å². The number of benzene rings is 1. The van der Waals surface area contributed by atoms with Crippen molar-refractivity contribution in [1.29, 1.82) is 0 Å². The first-order chi connectivity index (χ1) is 7.36. The minimum atomic E-state index is 0.996. The smallest absolute Gasteiger partial charge is 0.134 e. The van der Waals surface area contributed by atoms with E-state index in [0.717, 1.165) is 12.2 Å². The van der Waals surface area contributed by atoms with Crippen molar-refractivity contribution in [2.75, 3.05) is 7.11 Å². The number of methoxy groups -OCH3 is 1. The van der Waals surface area contributed by atoms with Crippen molar-refractivity contribution in [1.82, 2.24) is 0 Å². The number of aryl methyl sites for hydroxylation is 1. The zero-order valence-electron chi connectivity index (χ0n) is 8.31. The Hall–Kier alpha value is 0.770. The summed E-state index contributed by atoms with van der Waals surface area (Å²) in [6.07, 6.45) is 1.08.